The topological polar surface area (TPSA) is 70.1 Å². The maximum atomic E-state index is 14.8. The van der Waals surface area contributed by atoms with Gasteiger partial charge in [-0.25, -0.2) is 4.39 Å². The summed E-state index contributed by atoms with van der Waals surface area (Å²) in [5.74, 6) is -1.77. The first kappa shape index (κ1) is 23.5. The van der Waals surface area contributed by atoms with Gasteiger partial charge in [-0.1, -0.05) is 25.1 Å². The number of Topliss-reactive ketones (excluding diaryl/α,β-unsaturated/α-hetero) is 1. The van der Waals surface area contributed by atoms with Crippen LogP contribution in [0.4, 0.5) is 4.39 Å². The third-order valence-electron chi connectivity index (χ3n) is 5.34. The lowest BCUT2D eigenvalue weighted by Gasteiger charge is -2.26. The molecule has 1 N–H and O–H groups in total. The van der Waals surface area contributed by atoms with E-state index in [9.17, 15) is 19.1 Å². The molecule has 32 heavy (non-hydrogen) atoms. The van der Waals surface area contributed by atoms with Crippen LogP contribution in [-0.2, 0) is 9.59 Å². The van der Waals surface area contributed by atoms with Crippen LogP contribution in [0.2, 0.25) is 0 Å². The molecule has 2 aromatic rings. The highest BCUT2D eigenvalue weighted by molar-refractivity contribution is 6.46. The number of nitrogens with zero attached hydrogens (tertiary/aromatic N) is 2. The van der Waals surface area contributed by atoms with Crippen molar-refractivity contribution in [2.45, 2.75) is 25.8 Å². The van der Waals surface area contributed by atoms with E-state index < -0.39 is 23.5 Å². The van der Waals surface area contributed by atoms with Crippen LogP contribution in [0.25, 0.3) is 5.76 Å². The second-order valence-corrected chi connectivity index (χ2v) is 8.04. The molecule has 0 radical (unpaired) electrons. The van der Waals surface area contributed by atoms with Gasteiger partial charge in [-0.3, -0.25) is 9.59 Å². The van der Waals surface area contributed by atoms with Gasteiger partial charge < -0.3 is 19.6 Å². The monoisotopic (exact) mass is 440 g/mol. The Morgan fingerprint density at radius 2 is 1.81 bits per heavy atom. The highest BCUT2D eigenvalue weighted by atomic mass is 19.1. The lowest BCUT2D eigenvalue weighted by atomic mass is 9.95. The Morgan fingerprint density at radius 3 is 2.44 bits per heavy atom. The molecule has 1 aliphatic heterocycles. The van der Waals surface area contributed by atoms with E-state index in [1.807, 2.05) is 25.9 Å². The summed E-state index contributed by atoms with van der Waals surface area (Å²) in [5.41, 5.74) is 0.440. The van der Waals surface area contributed by atoms with Crippen molar-refractivity contribution < 1.29 is 23.8 Å². The van der Waals surface area contributed by atoms with Crippen molar-refractivity contribution in [2.24, 2.45) is 0 Å². The van der Waals surface area contributed by atoms with Gasteiger partial charge in [0, 0.05) is 17.7 Å². The van der Waals surface area contributed by atoms with E-state index >= 15 is 0 Å². The summed E-state index contributed by atoms with van der Waals surface area (Å²) in [6.07, 6.45) is 1.47. The predicted octanol–water partition coefficient (Wildman–Crippen LogP) is 3.99. The third kappa shape index (κ3) is 4.99. The average Bonchev–Trinajstić information content (AvgIpc) is 3.02. The van der Waals surface area contributed by atoms with Crippen molar-refractivity contribution in [3.63, 3.8) is 0 Å². The molecule has 7 heteroatoms. The van der Waals surface area contributed by atoms with Gasteiger partial charge in [0.1, 0.15) is 17.3 Å². The molecule has 170 valence electrons. The Morgan fingerprint density at radius 1 is 1.12 bits per heavy atom. The summed E-state index contributed by atoms with van der Waals surface area (Å²) in [7, 11) is 3.83. The molecule has 0 aromatic heterocycles. The summed E-state index contributed by atoms with van der Waals surface area (Å²) >= 11 is 0. The molecule has 3 rings (SSSR count). The number of aliphatic hydroxyl groups is 1. The van der Waals surface area contributed by atoms with Gasteiger partial charge in [0.2, 0.25) is 0 Å². The van der Waals surface area contributed by atoms with Crippen LogP contribution in [0, 0.1) is 5.82 Å². The Kier molecular flexibility index (Phi) is 7.64. The number of likely N-dealkylation sites (tertiary alicyclic amines) is 1. The Balaban J connectivity index is 2.03. The highest BCUT2D eigenvalue weighted by Gasteiger charge is 2.46. The number of aliphatic hydroxyl groups excluding tert-OH is 1. The molecule has 1 amide bonds. The van der Waals surface area contributed by atoms with Crippen LogP contribution in [0.3, 0.4) is 0 Å². The number of rotatable bonds is 9. The first-order valence-corrected chi connectivity index (χ1v) is 10.8. The van der Waals surface area contributed by atoms with Crippen LogP contribution in [0.5, 0.6) is 5.75 Å². The molecule has 2 aromatic carbocycles. The first-order valence-electron chi connectivity index (χ1n) is 10.8. The van der Waals surface area contributed by atoms with Crippen molar-refractivity contribution in [1.29, 1.82) is 0 Å². The fraction of sp³-hybridized carbons (Fsp3) is 0.360. The molecule has 0 aliphatic carbocycles. The van der Waals surface area contributed by atoms with Crippen molar-refractivity contribution in [3.8, 4) is 5.75 Å². The minimum Gasteiger partial charge on any atom is -0.507 e. The van der Waals surface area contributed by atoms with Crippen LogP contribution in [0.15, 0.2) is 54.1 Å². The number of halogens is 1. The lowest BCUT2D eigenvalue weighted by molar-refractivity contribution is -0.140. The largest absolute Gasteiger partial charge is 0.507 e. The van der Waals surface area contributed by atoms with Gasteiger partial charge in [0.25, 0.3) is 11.7 Å². The smallest absolute Gasteiger partial charge is 0.295 e. The highest BCUT2D eigenvalue weighted by Crippen LogP contribution is 2.40. The second-order valence-electron chi connectivity index (χ2n) is 8.04. The summed E-state index contributed by atoms with van der Waals surface area (Å²) < 4.78 is 20.3. The van der Waals surface area contributed by atoms with Gasteiger partial charge >= 0.3 is 0 Å². The van der Waals surface area contributed by atoms with E-state index in [2.05, 4.69) is 0 Å². The van der Waals surface area contributed by atoms with Gasteiger partial charge in [0.05, 0.1) is 18.2 Å². The molecular weight excluding hydrogens is 411 g/mol. The molecule has 1 aliphatic rings. The Bertz CT molecular complexity index is 1000. The van der Waals surface area contributed by atoms with E-state index in [0.29, 0.717) is 30.9 Å². The SMILES string of the molecule is CCCOc1ccc(C(O)=C2C(=O)C(=O)N(CCCN(C)C)[C@@H]2c2ccccc2F)cc1. The van der Waals surface area contributed by atoms with Crippen molar-refractivity contribution in [1.82, 2.24) is 9.80 Å². The van der Waals surface area contributed by atoms with Gasteiger partial charge in [0.15, 0.2) is 0 Å². The van der Waals surface area contributed by atoms with Gasteiger partial charge in [-0.2, -0.15) is 0 Å². The summed E-state index contributed by atoms with van der Waals surface area (Å²) in [6, 6.07) is 11.7. The van der Waals surface area contributed by atoms with Gasteiger partial charge in [-0.05, 0) is 63.8 Å². The standard InChI is InChI=1S/C25H29FN2O4/c1-4-16-32-18-12-10-17(11-13-18)23(29)21-22(19-8-5-6-9-20(19)26)28(25(31)24(21)30)15-7-14-27(2)3/h5-6,8-13,22,29H,4,7,14-16H2,1-3H3/t22-/m1/s1. The van der Waals surface area contributed by atoms with E-state index in [0.717, 1.165) is 6.42 Å². The summed E-state index contributed by atoms with van der Waals surface area (Å²) in [4.78, 5) is 29.2. The molecule has 1 saturated heterocycles. The second kappa shape index (κ2) is 10.4. The van der Waals surface area contributed by atoms with E-state index in [-0.39, 0.29) is 23.4 Å². The van der Waals surface area contributed by atoms with E-state index in [4.69, 9.17) is 4.74 Å². The number of carbonyl (C=O) groups is 2. The Labute approximate surface area is 187 Å². The molecule has 1 heterocycles. The summed E-state index contributed by atoms with van der Waals surface area (Å²) in [5, 5.41) is 11.0. The number of benzene rings is 2. The third-order valence-corrected chi connectivity index (χ3v) is 5.34. The fourth-order valence-electron chi connectivity index (χ4n) is 3.77. The number of amides is 1. The zero-order valence-corrected chi connectivity index (χ0v) is 18.7. The van der Waals surface area contributed by atoms with E-state index in [1.165, 1.54) is 11.0 Å². The molecule has 0 spiro atoms. The van der Waals surface area contributed by atoms with Crippen LogP contribution in [0.1, 0.15) is 36.9 Å². The van der Waals surface area contributed by atoms with Gasteiger partial charge in [-0.15, -0.1) is 0 Å². The molecule has 0 unspecified atom stereocenters. The van der Waals surface area contributed by atoms with Crippen LogP contribution < -0.4 is 4.74 Å². The molecule has 1 fully saturated rings. The first-order chi connectivity index (χ1) is 15.3. The zero-order valence-electron chi connectivity index (χ0n) is 18.7. The minimum absolute atomic E-state index is 0.104. The zero-order chi connectivity index (χ0) is 23.3. The number of hydrogen-bond donors (Lipinski definition) is 1. The predicted molar refractivity (Wildman–Crippen MR) is 121 cm³/mol. The number of hydrogen-bond acceptors (Lipinski definition) is 5. The average molecular weight is 441 g/mol. The molecule has 0 bridgehead atoms. The normalized spacial score (nSPS) is 17.9. The lowest BCUT2D eigenvalue weighted by Crippen LogP contribution is -2.32. The van der Waals surface area contributed by atoms with Crippen LogP contribution >= 0.6 is 0 Å². The fourth-order valence-corrected chi connectivity index (χ4v) is 3.77. The van der Waals surface area contributed by atoms with E-state index in [1.54, 1.807) is 42.5 Å². The number of ether oxygens (including phenoxy) is 1. The molecule has 6 nitrogen and oxygen atoms in total. The summed E-state index contributed by atoms with van der Waals surface area (Å²) in [6.45, 7) is 3.53. The van der Waals surface area contributed by atoms with Crippen molar-refractivity contribution >= 4 is 17.4 Å². The Hall–Kier alpha value is -3.19. The molecule has 0 saturated carbocycles. The van der Waals surface area contributed by atoms with Crippen molar-refractivity contribution in [3.05, 3.63) is 71.0 Å². The van der Waals surface area contributed by atoms with Crippen molar-refractivity contribution in [2.75, 3.05) is 33.8 Å². The van der Waals surface area contributed by atoms with Crippen LogP contribution in [-0.4, -0.2) is 60.4 Å². The molecular formula is C25H29FN2O4. The number of carbonyl (C=O) groups excluding carboxylic acids is 2. The maximum Gasteiger partial charge on any atom is 0.295 e. The molecule has 1 atom stereocenters. The maximum absolute atomic E-state index is 14.8. The number of ketones is 1. The quantitative estimate of drug-likeness (QED) is 0.363. The minimum atomic E-state index is -0.991.